The molecule has 0 aliphatic rings. The number of methoxy groups -OCH3 is 1. The summed E-state index contributed by atoms with van der Waals surface area (Å²) in [6.07, 6.45) is 0. The van der Waals surface area contributed by atoms with Gasteiger partial charge in [0, 0.05) is 16.5 Å². The maximum absolute atomic E-state index is 12.4. The van der Waals surface area contributed by atoms with E-state index in [-0.39, 0.29) is 11.9 Å². The predicted molar refractivity (Wildman–Crippen MR) is 87.2 cm³/mol. The Labute approximate surface area is 129 Å². The van der Waals surface area contributed by atoms with Crippen molar-refractivity contribution in [3.05, 3.63) is 65.9 Å². The molecule has 1 amide bonds. The molecule has 0 radical (unpaired) electrons. The predicted octanol–water partition coefficient (Wildman–Crippen LogP) is 3.67. The zero-order valence-electron chi connectivity index (χ0n) is 12.6. The molecule has 0 saturated heterocycles. The number of hydrogen-bond acceptors (Lipinski definition) is 2. The number of rotatable bonds is 4. The fraction of sp³-hybridized carbons (Fsp3) is 0.167. The van der Waals surface area contributed by atoms with Gasteiger partial charge >= 0.3 is 0 Å². The van der Waals surface area contributed by atoms with Crippen LogP contribution in [0.25, 0.3) is 10.9 Å². The summed E-state index contributed by atoms with van der Waals surface area (Å²) in [6, 6.07) is 17.2. The molecule has 3 aromatic rings. The third kappa shape index (κ3) is 2.68. The second-order valence-electron chi connectivity index (χ2n) is 5.21. The summed E-state index contributed by atoms with van der Waals surface area (Å²) in [5.41, 5.74) is 2.47. The van der Waals surface area contributed by atoms with Gasteiger partial charge in [-0.1, -0.05) is 36.4 Å². The molecule has 0 fully saturated rings. The third-order valence-corrected chi connectivity index (χ3v) is 3.73. The number of para-hydroxylation sites is 2. The molecule has 2 aromatic carbocycles. The summed E-state index contributed by atoms with van der Waals surface area (Å²) in [4.78, 5) is 15.6. The van der Waals surface area contributed by atoms with Crippen molar-refractivity contribution in [2.75, 3.05) is 7.11 Å². The average molecular weight is 294 g/mol. The molecular weight excluding hydrogens is 276 g/mol. The molecular formula is C18H18N2O2. The number of carbonyl (C=O) groups is 1. The molecule has 0 saturated carbocycles. The molecule has 1 aromatic heterocycles. The van der Waals surface area contributed by atoms with Crippen molar-refractivity contribution < 1.29 is 9.53 Å². The molecule has 1 heterocycles. The van der Waals surface area contributed by atoms with E-state index in [9.17, 15) is 4.79 Å². The lowest BCUT2D eigenvalue weighted by Crippen LogP contribution is -2.27. The Morgan fingerprint density at radius 1 is 1.14 bits per heavy atom. The van der Waals surface area contributed by atoms with Gasteiger partial charge in [0.1, 0.15) is 11.4 Å². The Hall–Kier alpha value is -2.75. The highest BCUT2D eigenvalue weighted by atomic mass is 16.5. The average Bonchev–Trinajstić information content (AvgIpc) is 2.99. The van der Waals surface area contributed by atoms with Crippen molar-refractivity contribution in [1.82, 2.24) is 10.3 Å². The number of nitrogens with one attached hydrogen (secondary N) is 2. The van der Waals surface area contributed by atoms with Crippen LogP contribution in [0.15, 0.2) is 54.6 Å². The SMILES string of the molecule is COc1ccccc1[C@@H](C)NC(=O)c1cc2ccccc2[nH]1. The van der Waals surface area contributed by atoms with Gasteiger partial charge in [-0.2, -0.15) is 0 Å². The Morgan fingerprint density at radius 2 is 1.86 bits per heavy atom. The summed E-state index contributed by atoms with van der Waals surface area (Å²) in [5.74, 6) is 0.640. The van der Waals surface area contributed by atoms with Gasteiger partial charge in [-0.15, -0.1) is 0 Å². The molecule has 0 aliphatic carbocycles. The molecule has 4 heteroatoms. The van der Waals surface area contributed by atoms with Crippen molar-refractivity contribution in [1.29, 1.82) is 0 Å². The van der Waals surface area contributed by atoms with Crippen LogP contribution in [0.1, 0.15) is 29.0 Å². The lowest BCUT2D eigenvalue weighted by Gasteiger charge is -2.16. The maximum Gasteiger partial charge on any atom is 0.268 e. The van der Waals surface area contributed by atoms with E-state index < -0.39 is 0 Å². The Morgan fingerprint density at radius 3 is 2.64 bits per heavy atom. The van der Waals surface area contributed by atoms with Gasteiger partial charge < -0.3 is 15.0 Å². The summed E-state index contributed by atoms with van der Waals surface area (Å²) in [7, 11) is 1.63. The molecule has 0 aliphatic heterocycles. The van der Waals surface area contributed by atoms with E-state index in [2.05, 4.69) is 10.3 Å². The summed E-state index contributed by atoms with van der Waals surface area (Å²) in [6.45, 7) is 1.94. The van der Waals surface area contributed by atoms with E-state index in [1.165, 1.54) is 0 Å². The quantitative estimate of drug-likeness (QED) is 0.771. The first-order valence-corrected chi connectivity index (χ1v) is 7.20. The van der Waals surface area contributed by atoms with Crippen molar-refractivity contribution in [2.45, 2.75) is 13.0 Å². The molecule has 22 heavy (non-hydrogen) atoms. The molecule has 112 valence electrons. The first-order chi connectivity index (χ1) is 10.7. The minimum absolute atomic E-state index is 0.130. The van der Waals surface area contributed by atoms with Crippen LogP contribution in [-0.4, -0.2) is 18.0 Å². The number of benzene rings is 2. The Bertz CT molecular complexity index is 774. The summed E-state index contributed by atoms with van der Waals surface area (Å²) in [5, 5.41) is 4.02. The van der Waals surface area contributed by atoms with E-state index in [4.69, 9.17) is 4.74 Å². The minimum atomic E-state index is -0.143. The van der Waals surface area contributed by atoms with E-state index in [0.717, 1.165) is 22.2 Å². The molecule has 2 N–H and O–H groups in total. The van der Waals surface area contributed by atoms with Gasteiger partial charge in [-0.3, -0.25) is 4.79 Å². The van der Waals surface area contributed by atoms with Crippen LogP contribution >= 0.6 is 0 Å². The summed E-state index contributed by atoms with van der Waals surface area (Å²) < 4.78 is 5.34. The fourth-order valence-corrected chi connectivity index (χ4v) is 2.57. The highest BCUT2D eigenvalue weighted by Gasteiger charge is 2.16. The van der Waals surface area contributed by atoms with Crippen LogP contribution in [-0.2, 0) is 0 Å². The zero-order valence-corrected chi connectivity index (χ0v) is 12.6. The maximum atomic E-state index is 12.4. The van der Waals surface area contributed by atoms with Gasteiger partial charge in [0.05, 0.1) is 13.2 Å². The first-order valence-electron chi connectivity index (χ1n) is 7.20. The first kappa shape index (κ1) is 14.2. The normalized spacial score (nSPS) is 12.1. The number of aromatic amines is 1. The number of aromatic nitrogens is 1. The van der Waals surface area contributed by atoms with E-state index in [1.807, 2.05) is 61.5 Å². The van der Waals surface area contributed by atoms with Crippen molar-refractivity contribution >= 4 is 16.8 Å². The van der Waals surface area contributed by atoms with Crippen molar-refractivity contribution in [2.24, 2.45) is 0 Å². The number of fused-ring (bicyclic) bond motifs is 1. The van der Waals surface area contributed by atoms with Crippen molar-refractivity contribution in [3.8, 4) is 5.75 Å². The molecule has 1 atom stereocenters. The van der Waals surface area contributed by atoms with E-state index in [0.29, 0.717) is 5.69 Å². The highest BCUT2D eigenvalue weighted by Crippen LogP contribution is 2.24. The second-order valence-corrected chi connectivity index (χ2v) is 5.21. The number of hydrogen-bond donors (Lipinski definition) is 2. The third-order valence-electron chi connectivity index (χ3n) is 3.73. The van der Waals surface area contributed by atoms with Gasteiger partial charge in [0.2, 0.25) is 0 Å². The minimum Gasteiger partial charge on any atom is -0.496 e. The number of H-pyrrole nitrogens is 1. The van der Waals surface area contributed by atoms with Crippen LogP contribution in [0, 0.1) is 0 Å². The van der Waals surface area contributed by atoms with Crippen LogP contribution in [0.4, 0.5) is 0 Å². The number of ether oxygens (including phenoxy) is 1. The fourth-order valence-electron chi connectivity index (χ4n) is 2.57. The monoisotopic (exact) mass is 294 g/mol. The number of carbonyl (C=O) groups excluding carboxylic acids is 1. The second kappa shape index (κ2) is 5.93. The van der Waals surface area contributed by atoms with Gasteiger partial charge in [0.25, 0.3) is 5.91 Å². The zero-order chi connectivity index (χ0) is 15.5. The molecule has 3 rings (SSSR count). The van der Waals surface area contributed by atoms with Crippen LogP contribution in [0.2, 0.25) is 0 Å². The molecule has 4 nitrogen and oxygen atoms in total. The van der Waals surface area contributed by atoms with Gasteiger partial charge in [-0.05, 0) is 25.1 Å². The Kier molecular flexibility index (Phi) is 3.83. The standard InChI is InChI=1S/C18H18N2O2/c1-12(14-8-4-6-10-17(14)22-2)19-18(21)16-11-13-7-3-5-9-15(13)20-16/h3-12,20H,1-2H3,(H,19,21)/t12-/m1/s1. The molecule has 0 spiro atoms. The van der Waals surface area contributed by atoms with Gasteiger partial charge in [0.15, 0.2) is 0 Å². The molecule has 0 unspecified atom stereocenters. The largest absolute Gasteiger partial charge is 0.496 e. The topological polar surface area (TPSA) is 54.1 Å². The van der Waals surface area contributed by atoms with Crippen molar-refractivity contribution in [3.63, 3.8) is 0 Å². The number of amides is 1. The van der Waals surface area contributed by atoms with E-state index in [1.54, 1.807) is 7.11 Å². The molecule has 0 bridgehead atoms. The highest BCUT2D eigenvalue weighted by molar-refractivity contribution is 5.98. The van der Waals surface area contributed by atoms with Gasteiger partial charge in [-0.25, -0.2) is 0 Å². The lowest BCUT2D eigenvalue weighted by atomic mass is 10.1. The van der Waals surface area contributed by atoms with E-state index >= 15 is 0 Å². The Balaban J connectivity index is 1.81. The smallest absolute Gasteiger partial charge is 0.268 e. The van der Waals surface area contributed by atoms with Crippen LogP contribution in [0.3, 0.4) is 0 Å². The van der Waals surface area contributed by atoms with Crippen LogP contribution < -0.4 is 10.1 Å². The van der Waals surface area contributed by atoms with Crippen LogP contribution in [0.5, 0.6) is 5.75 Å². The summed E-state index contributed by atoms with van der Waals surface area (Å²) >= 11 is 0. The lowest BCUT2D eigenvalue weighted by molar-refractivity contribution is 0.0935.